The van der Waals surface area contributed by atoms with E-state index in [9.17, 15) is 4.79 Å². The molecule has 1 aliphatic rings. The molecule has 14 heteroatoms. The fraction of sp³-hybridized carbons (Fsp3) is 0.316. The van der Waals surface area contributed by atoms with Gasteiger partial charge in [-0.25, -0.2) is 0 Å². The van der Waals surface area contributed by atoms with Crippen LogP contribution in [0.3, 0.4) is 0 Å². The van der Waals surface area contributed by atoms with E-state index in [-0.39, 0.29) is 11.9 Å². The Labute approximate surface area is 200 Å². The number of nitrogens with one attached hydrogen (secondary N) is 2. The van der Waals surface area contributed by atoms with E-state index in [0.717, 1.165) is 30.9 Å². The van der Waals surface area contributed by atoms with Crippen LogP contribution in [0.15, 0.2) is 48.7 Å². The molecule has 33 heavy (non-hydrogen) atoms. The number of rotatable bonds is 8. The summed E-state index contributed by atoms with van der Waals surface area (Å²) in [6.45, 7) is 1.68. The molecule has 0 unspecified atom stereocenters. The van der Waals surface area contributed by atoms with E-state index >= 15 is 0 Å². The Kier molecular flexibility index (Phi) is 6.75. The van der Waals surface area contributed by atoms with Gasteiger partial charge in [-0.1, -0.05) is 41.7 Å². The first-order valence-electron chi connectivity index (χ1n) is 10.9. The van der Waals surface area contributed by atoms with Crippen molar-refractivity contribution >= 4 is 64.7 Å². The Morgan fingerprint density at radius 1 is 1.06 bits per heavy atom. The smallest absolute Gasteiger partial charge is 0.253 e. The average molecular weight is 459 g/mol. The summed E-state index contributed by atoms with van der Waals surface area (Å²) in [5.41, 5.74) is -0.406. The third kappa shape index (κ3) is 5.75. The normalized spacial score (nSPS) is 17.9. The molecule has 1 amide bonds. The molecule has 3 aromatic rings. The van der Waals surface area contributed by atoms with Crippen LogP contribution in [0.5, 0.6) is 0 Å². The Bertz CT molecular complexity index is 1090. The maximum atomic E-state index is 13.3. The van der Waals surface area contributed by atoms with Crippen LogP contribution >= 0.6 is 11.3 Å². The highest BCUT2D eigenvalue weighted by Gasteiger charge is 2.40. The number of benzene rings is 1. The van der Waals surface area contributed by atoms with Crippen LogP contribution in [0, 0.1) is 0 Å². The fourth-order valence-electron chi connectivity index (χ4n) is 3.88. The van der Waals surface area contributed by atoms with Crippen molar-refractivity contribution in [1.82, 2.24) is 20.4 Å². The second kappa shape index (κ2) is 9.56. The predicted molar refractivity (Wildman–Crippen MR) is 141 cm³/mol. The van der Waals surface area contributed by atoms with Gasteiger partial charge in [0.2, 0.25) is 10.3 Å². The van der Waals surface area contributed by atoms with Gasteiger partial charge in [-0.2, -0.15) is 5.10 Å². The number of carbonyl (C=O) groups is 1. The first-order valence-corrected chi connectivity index (χ1v) is 11.7. The van der Waals surface area contributed by atoms with Crippen LogP contribution in [0.25, 0.3) is 0 Å². The predicted octanol–water partition coefficient (Wildman–Crippen LogP) is -2.03. The molecule has 0 spiro atoms. The van der Waals surface area contributed by atoms with Crippen molar-refractivity contribution in [2.75, 3.05) is 28.6 Å². The summed E-state index contributed by atoms with van der Waals surface area (Å²) in [7, 11) is 7.57. The maximum absolute atomic E-state index is 13.3. The molecule has 4 rings (SSSR count). The van der Waals surface area contributed by atoms with E-state index < -0.39 is 10.8 Å². The SMILES string of the molecule is BC(B)(B)O[C@@](B)(C(=O)Nc1nnc(N[C@@H]2CCN(c3cccnn3)C2)s1)c1ccccc1. The topological polar surface area (TPSA) is 105 Å². The quantitative estimate of drug-likeness (QED) is 0.373. The van der Waals surface area contributed by atoms with E-state index in [1.54, 1.807) is 14.0 Å². The van der Waals surface area contributed by atoms with Gasteiger partial charge in [-0.3, -0.25) is 10.1 Å². The van der Waals surface area contributed by atoms with Gasteiger partial charge < -0.3 is 15.0 Å². The summed E-state index contributed by atoms with van der Waals surface area (Å²) >= 11 is 1.31. The lowest BCUT2D eigenvalue weighted by molar-refractivity contribution is -0.133. The second-order valence-corrected chi connectivity index (χ2v) is 10.1. The third-order valence-corrected chi connectivity index (χ3v) is 6.08. The number of hydrogen-bond donors (Lipinski definition) is 2. The Morgan fingerprint density at radius 2 is 1.82 bits per heavy atom. The Morgan fingerprint density at radius 3 is 2.52 bits per heavy atom. The zero-order valence-corrected chi connectivity index (χ0v) is 20.1. The van der Waals surface area contributed by atoms with E-state index in [0.29, 0.717) is 10.3 Å². The molecule has 1 saturated heterocycles. The highest BCUT2D eigenvalue weighted by molar-refractivity contribution is 7.19. The molecule has 0 radical (unpaired) electrons. The summed E-state index contributed by atoms with van der Waals surface area (Å²) < 4.78 is 6.23. The van der Waals surface area contributed by atoms with Crippen molar-refractivity contribution in [1.29, 1.82) is 0 Å². The van der Waals surface area contributed by atoms with Gasteiger partial charge in [0.15, 0.2) is 13.7 Å². The number of amides is 1. The minimum Gasteiger partial charge on any atom is -0.389 e. The van der Waals surface area contributed by atoms with Crippen molar-refractivity contribution in [3.8, 4) is 0 Å². The number of nitrogens with zero attached hydrogens (tertiary/aromatic N) is 5. The zero-order chi connectivity index (χ0) is 23.5. The van der Waals surface area contributed by atoms with E-state index in [4.69, 9.17) is 4.74 Å². The van der Waals surface area contributed by atoms with Crippen LogP contribution in [0.1, 0.15) is 12.0 Å². The largest absolute Gasteiger partial charge is 0.389 e. The van der Waals surface area contributed by atoms with Gasteiger partial charge in [0, 0.05) is 25.3 Å². The molecule has 2 atom stereocenters. The molecule has 166 valence electrons. The number of anilines is 3. The van der Waals surface area contributed by atoms with Crippen LogP contribution in [-0.2, 0) is 15.0 Å². The zero-order valence-electron chi connectivity index (χ0n) is 19.3. The molecular formula is C19H25B4N7O2S. The fourth-order valence-corrected chi connectivity index (χ4v) is 4.59. The standard InChI is InChI=1S/C19H25B4N7O2S/c20-18(32-19(21,22)23,12-5-2-1-3-6-12)15(31)26-17-29-28-16(33-17)25-13-8-10-30(11-13)14-7-4-9-24-27-14/h1-7,9,13H,8,10-11,20-23H2,(H,25,28)(H,26,29,31)/t13-,18-/m1/s1. The summed E-state index contributed by atoms with van der Waals surface area (Å²) in [4.78, 5) is 15.5. The van der Waals surface area contributed by atoms with Crippen LogP contribution in [-0.4, -0.2) is 82.1 Å². The van der Waals surface area contributed by atoms with Crippen molar-refractivity contribution in [3.05, 3.63) is 54.2 Å². The summed E-state index contributed by atoms with van der Waals surface area (Å²) in [6, 6.07) is 13.5. The molecule has 0 bridgehead atoms. The van der Waals surface area contributed by atoms with E-state index in [1.165, 1.54) is 11.3 Å². The molecule has 0 saturated carbocycles. The number of ether oxygens (including phenoxy) is 1. The number of carbonyl (C=O) groups excluding carboxylic acids is 1. The van der Waals surface area contributed by atoms with Crippen molar-refractivity contribution in [3.63, 3.8) is 0 Å². The van der Waals surface area contributed by atoms with Crippen LogP contribution in [0.4, 0.5) is 16.1 Å². The van der Waals surface area contributed by atoms with Gasteiger partial charge in [0.1, 0.15) is 29.0 Å². The maximum Gasteiger partial charge on any atom is 0.253 e. The molecule has 3 heterocycles. The molecule has 2 N–H and O–H groups in total. The minimum absolute atomic E-state index is 0.210. The summed E-state index contributed by atoms with van der Waals surface area (Å²) in [5, 5.41) is 23.4. The second-order valence-electron chi connectivity index (χ2n) is 9.14. The number of aromatic nitrogens is 4. The van der Waals surface area contributed by atoms with Crippen molar-refractivity contribution in [2.45, 2.75) is 23.3 Å². The van der Waals surface area contributed by atoms with Crippen molar-refractivity contribution < 1.29 is 9.53 Å². The van der Waals surface area contributed by atoms with Crippen LogP contribution in [0.2, 0.25) is 0 Å². The van der Waals surface area contributed by atoms with Crippen molar-refractivity contribution in [2.24, 2.45) is 0 Å². The average Bonchev–Trinajstić information content (AvgIpc) is 3.43. The molecule has 0 aliphatic carbocycles. The summed E-state index contributed by atoms with van der Waals surface area (Å²) in [5.74, 6) is 0.576. The molecule has 1 aliphatic heterocycles. The lowest BCUT2D eigenvalue weighted by Gasteiger charge is -2.36. The highest BCUT2D eigenvalue weighted by atomic mass is 32.1. The lowest BCUT2D eigenvalue weighted by atomic mass is 9.51. The highest BCUT2D eigenvalue weighted by Crippen LogP contribution is 2.29. The third-order valence-electron chi connectivity index (χ3n) is 5.31. The molecule has 1 aromatic carbocycles. The molecule has 9 nitrogen and oxygen atoms in total. The molecular weight excluding hydrogens is 434 g/mol. The van der Waals surface area contributed by atoms with E-state index in [2.05, 4.69) is 35.9 Å². The Hall–Kier alpha value is -2.85. The van der Waals surface area contributed by atoms with Gasteiger partial charge in [-0.05, 0) is 29.4 Å². The van der Waals surface area contributed by atoms with Gasteiger partial charge in [0.05, 0.1) is 0 Å². The van der Waals surface area contributed by atoms with Gasteiger partial charge in [0.25, 0.3) is 5.91 Å². The van der Waals surface area contributed by atoms with Gasteiger partial charge >= 0.3 is 0 Å². The number of hydrogen-bond acceptors (Lipinski definition) is 9. The molecule has 1 fully saturated rings. The first-order chi connectivity index (χ1) is 15.7. The minimum atomic E-state index is -1.18. The first kappa shape index (κ1) is 23.3. The molecule has 2 aromatic heterocycles. The summed E-state index contributed by atoms with van der Waals surface area (Å²) in [6.07, 6.45) is 2.62. The van der Waals surface area contributed by atoms with Gasteiger partial charge in [-0.15, -0.1) is 15.3 Å². The monoisotopic (exact) mass is 459 g/mol. The lowest BCUT2D eigenvalue weighted by Crippen LogP contribution is -2.51. The van der Waals surface area contributed by atoms with Crippen LogP contribution < -0.4 is 15.5 Å². The Balaban J connectivity index is 1.41. The van der Waals surface area contributed by atoms with E-state index in [1.807, 2.05) is 66.0 Å².